The molecule has 2 aromatic heterocycles. The van der Waals surface area contributed by atoms with Crippen molar-refractivity contribution < 1.29 is 4.79 Å². The average Bonchev–Trinajstić information content (AvgIpc) is 3.32. The minimum Gasteiger partial charge on any atom is -0.349 e. The average molecular weight is 343 g/mol. The second-order valence-corrected chi connectivity index (χ2v) is 7.77. The van der Waals surface area contributed by atoms with Crippen molar-refractivity contribution in [2.75, 3.05) is 39.3 Å². The maximum atomic E-state index is 12.9. The van der Waals surface area contributed by atoms with E-state index in [1.807, 2.05) is 34.8 Å². The lowest BCUT2D eigenvalue weighted by Crippen LogP contribution is -2.52. The molecule has 6 heteroatoms. The fourth-order valence-electron chi connectivity index (χ4n) is 4.27. The number of aromatic nitrogens is 2. The van der Waals surface area contributed by atoms with Crippen LogP contribution in [0.2, 0.25) is 0 Å². The molecule has 25 heavy (non-hydrogen) atoms. The van der Waals surface area contributed by atoms with Crippen molar-refractivity contribution in [2.45, 2.75) is 32.4 Å². The molecule has 1 unspecified atom stereocenters. The molecule has 0 bridgehead atoms. The van der Waals surface area contributed by atoms with Crippen LogP contribution >= 0.6 is 0 Å². The minimum absolute atomic E-state index is 0.138. The van der Waals surface area contributed by atoms with E-state index < -0.39 is 0 Å². The Hall–Kier alpha value is -1.79. The van der Waals surface area contributed by atoms with E-state index >= 15 is 0 Å². The third kappa shape index (κ3) is 3.09. The fraction of sp³-hybridized carbons (Fsp3) is 0.632. The third-order valence-electron chi connectivity index (χ3n) is 5.95. The Morgan fingerprint density at radius 1 is 1.20 bits per heavy atom. The quantitative estimate of drug-likeness (QED) is 0.924. The maximum absolute atomic E-state index is 12.9. The molecule has 4 rings (SSSR count). The van der Waals surface area contributed by atoms with E-state index in [0.29, 0.717) is 17.8 Å². The molecule has 1 atom stereocenters. The van der Waals surface area contributed by atoms with Gasteiger partial charge in [0, 0.05) is 64.6 Å². The first-order valence-corrected chi connectivity index (χ1v) is 9.44. The van der Waals surface area contributed by atoms with Crippen molar-refractivity contribution in [3.63, 3.8) is 0 Å². The van der Waals surface area contributed by atoms with Gasteiger partial charge in [-0.1, -0.05) is 0 Å². The summed E-state index contributed by atoms with van der Waals surface area (Å²) < 4.78 is 2.05. The third-order valence-corrected chi connectivity index (χ3v) is 5.95. The first kappa shape index (κ1) is 16.7. The SMILES string of the molecule is CC(C)N1CCN(C2CCN(C(=O)c3cc4c(ccn4C)[nH]3)C2)CC1. The highest BCUT2D eigenvalue weighted by Crippen LogP contribution is 2.22. The summed E-state index contributed by atoms with van der Waals surface area (Å²) in [5, 5.41) is 0. The molecule has 0 aromatic carbocycles. The van der Waals surface area contributed by atoms with Crippen LogP contribution < -0.4 is 0 Å². The van der Waals surface area contributed by atoms with Gasteiger partial charge in [-0.25, -0.2) is 0 Å². The number of nitrogens with one attached hydrogen (secondary N) is 1. The Kier molecular flexibility index (Phi) is 4.33. The number of amides is 1. The molecule has 2 fully saturated rings. The predicted octanol–water partition coefficient (Wildman–Crippen LogP) is 1.75. The zero-order valence-electron chi connectivity index (χ0n) is 15.5. The first-order valence-electron chi connectivity index (χ1n) is 9.44. The molecule has 0 radical (unpaired) electrons. The molecule has 6 nitrogen and oxygen atoms in total. The zero-order chi connectivity index (χ0) is 17.6. The lowest BCUT2D eigenvalue weighted by Gasteiger charge is -2.39. The molecule has 0 saturated carbocycles. The standard InChI is InChI=1S/C19H29N5O/c1-14(2)22-8-10-23(11-9-22)15-4-7-24(13-15)19(25)17-12-18-16(20-17)5-6-21(18)3/h5-6,12,14-15,20H,4,7-11,13H2,1-3H3. The summed E-state index contributed by atoms with van der Waals surface area (Å²) >= 11 is 0. The number of aromatic amines is 1. The van der Waals surface area contributed by atoms with Crippen LogP contribution in [0.3, 0.4) is 0 Å². The number of piperazine rings is 1. The van der Waals surface area contributed by atoms with Gasteiger partial charge in [0.25, 0.3) is 5.91 Å². The zero-order valence-corrected chi connectivity index (χ0v) is 15.5. The Morgan fingerprint density at radius 3 is 2.64 bits per heavy atom. The van der Waals surface area contributed by atoms with Crippen LogP contribution in [0.15, 0.2) is 18.3 Å². The minimum atomic E-state index is 0.138. The number of nitrogens with zero attached hydrogens (tertiary/aromatic N) is 4. The number of likely N-dealkylation sites (tertiary alicyclic amines) is 1. The monoisotopic (exact) mass is 343 g/mol. The molecule has 2 aliphatic rings. The number of hydrogen-bond acceptors (Lipinski definition) is 3. The van der Waals surface area contributed by atoms with Gasteiger partial charge < -0.3 is 14.5 Å². The van der Waals surface area contributed by atoms with Gasteiger partial charge in [0.15, 0.2) is 0 Å². The summed E-state index contributed by atoms with van der Waals surface area (Å²) in [6.45, 7) is 10.8. The molecule has 2 aliphatic heterocycles. The van der Waals surface area contributed by atoms with E-state index in [0.717, 1.165) is 56.7 Å². The number of carbonyl (C=O) groups excluding carboxylic acids is 1. The van der Waals surface area contributed by atoms with E-state index in [9.17, 15) is 4.79 Å². The van der Waals surface area contributed by atoms with E-state index in [1.54, 1.807) is 0 Å². The van der Waals surface area contributed by atoms with Gasteiger partial charge in [0.2, 0.25) is 0 Å². The lowest BCUT2D eigenvalue weighted by molar-refractivity contribution is 0.0696. The molecule has 0 spiro atoms. The topological polar surface area (TPSA) is 47.5 Å². The van der Waals surface area contributed by atoms with Gasteiger partial charge in [-0.15, -0.1) is 0 Å². The number of hydrogen-bond donors (Lipinski definition) is 1. The number of H-pyrrole nitrogens is 1. The van der Waals surface area contributed by atoms with Gasteiger partial charge >= 0.3 is 0 Å². The highest BCUT2D eigenvalue weighted by molar-refractivity contribution is 5.97. The summed E-state index contributed by atoms with van der Waals surface area (Å²) in [5.74, 6) is 0.138. The lowest BCUT2D eigenvalue weighted by atomic mass is 10.1. The number of rotatable bonds is 3. The molecule has 1 N–H and O–H groups in total. The van der Waals surface area contributed by atoms with Crippen LogP contribution in [-0.4, -0.2) is 81.5 Å². The molecule has 136 valence electrons. The van der Waals surface area contributed by atoms with Crippen LogP contribution in [0.5, 0.6) is 0 Å². The first-order chi connectivity index (χ1) is 12.0. The summed E-state index contributed by atoms with van der Waals surface area (Å²) in [5.41, 5.74) is 2.83. The molecule has 1 amide bonds. The van der Waals surface area contributed by atoms with Gasteiger partial charge in [0.05, 0.1) is 11.0 Å². The van der Waals surface area contributed by atoms with Crippen LogP contribution in [-0.2, 0) is 7.05 Å². The summed E-state index contributed by atoms with van der Waals surface area (Å²) in [7, 11) is 2.01. The second kappa shape index (κ2) is 6.50. The van der Waals surface area contributed by atoms with E-state index in [2.05, 4.69) is 28.6 Å². The van der Waals surface area contributed by atoms with Crippen molar-refractivity contribution in [1.29, 1.82) is 0 Å². The number of fused-ring (bicyclic) bond motifs is 1. The van der Waals surface area contributed by atoms with Crippen molar-refractivity contribution in [1.82, 2.24) is 24.3 Å². The molecular formula is C19H29N5O. The second-order valence-electron chi connectivity index (χ2n) is 7.77. The van der Waals surface area contributed by atoms with Crippen LogP contribution in [0, 0.1) is 0 Å². The summed E-state index contributed by atoms with van der Waals surface area (Å²) in [4.78, 5) is 23.3. The summed E-state index contributed by atoms with van der Waals surface area (Å²) in [6.07, 6.45) is 3.10. The van der Waals surface area contributed by atoms with Crippen LogP contribution in [0.25, 0.3) is 11.0 Å². The van der Waals surface area contributed by atoms with Crippen molar-refractivity contribution >= 4 is 16.9 Å². The molecule has 2 aromatic rings. The fourth-order valence-corrected chi connectivity index (χ4v) is 4.27. The Labute approximate surface area is 149 Å². The Bertz CT molecular complexity index is 753. The molecule has 0 aliphatic carbocycles. The normalized spacial score (nSPS) is 23.2. The van der Waals surface area contributed by atoms with Crippen LogP contribution in [0.4, 0.5) is 0 Å². The van der Waals surface area contributed by atoms with E-state index in [-0.39, 0.29) is 5.91 Å². The Balaban J connectivity index is 1.38. The van der Waals surface area contributed by atoms with Gasteiger partial charge in [-0.2, -0.15) is 0 Å². The molecule has 2 saturated heterocycles. The van der Waals surface area contributed by atoms with Crippen LogP contribution in [0.1, 0.15) is 30.8 Å². The summed E-state index contributed by atoms with van der Waals surface area (Å²) in [6, 6.07) is 5.15. The molecular weight excluding hydrogens is 314 g/mol. The highest BCUT2D eigenvalue weighted by Gasteiger charge is 2.33. The largest absolute Gasteiger partial charge is 0.349 e. The predicted molar refractivity (Wildman–Crippen MR) is 99.9 cm³/mol. The van der Waals surface area contributed by atoms with Crippen molar-refractivity contribution in [3.05, 3.63) is 24.0 Å². The van der Waals surface area contributed by atoms with Gasteiger partial charge in [-0.05, 0) is 32.4 Å². The van der Waals surface area contributed by atoms with Crippen molar-refractivity contribution in [3.8, 4) is 0 Å². The number of carbonyl (C=O) groups is 1. The van der Waals surface area contributed by atoms with Gasteiger partial charge in [-0.3, -0.25) is 14.6 Å². The maximum Gasteiger partial charge on any atom is 0.270 e. The van der Waals surface area contributed by atoms with Crippen molar-refractivity contribution in [2.24, 2.45) is 7.05 Å². The van der Waals surface area contributed by atoms with E-state index in [1.165, 1.54) is 0 Å². The number of aryl methyl sites for hydroxylation is 1. The highest BCUT2D eigenvalue weighted by atomic mass is 16.2. The molecule has 4 heterocycles. The van der Waals surface area contributed by atoms with Gasteiger partial charge in [0.1, 0.15) is 5.69 Å². The smallest absolute Gasteiger partial charge is 0.270 e. The Morgan fingerprint density at radius 2 is 1.96 bits per heavy atom. The van der Waals surface area contributed by atoms with E-state index in [4.69, 9.17) is 0 Å².